The van der Waals surface area contributed by atoms with Crippen LogP contribution in [0.15, 0.2) is 50.8 Å². The Morgan fingerprint density at radius 2 is 0.729 bits per heavy atom. The van der Waals surface area contributed by atoms with Crippen LogP contribution in [0.4, 0.5) is 35.7 Å². The molecule has 0 aliphatic rings. The van der Waals surface area contributed by atoms with Crippen LogP contribution in [0.3, 0.4) is 0 Å². The molecule has 6 heterocycles. The van der Waals surface area contributed by atoms with Gasteiger partial charge < -0.3 is 91.9 Å². The summed E-state index contributed by atoms with van der Waals surface area (Å²) in [6, 6.07) is 9.24. The lowest BCUT2D eigenvalue weighted by atomic mass is 10.4. The number of aromatic nitrogens is 12. The zero-order valence-electron chi connectivity index (χ0n) is 48.9. The van der Waals surface area contributed by atoms with Crippen molar-refractivity contribution in [3.8, 4) is 17.6 Å². The average Bonchev–Trinajstić information content (AvgIpc) is 3.49. The van der Waals surface area contributed by atoms with Crippen molar-refractivity contribution in [2.75, 3.05) is 120 Å². The number of hydrogen-bond donors (Lipinski definition) is 11. The molecule has 85 heavy (non-hydrogen) atoms. The molecule has 0 radical (unpaired) electrons. The lowest BCUT2D eigenvalue weighted by Crippen LogP contribution is -2.26. The molecule has 0 aliphatic carbocycles. The van der Waals surface area contributed by atoms with Gasteiger partial charge in [-0.05, 0) is 62.3 Å². The van der Waals surface area contributed by atoms with E-state index in [1.807, 2.05) is 34.6 Å². The van der Waals surface area contributed by atoms with Gasteiger partial charge in [0.1, 0.15) is 32.5 Å². The van der Waals surface area contributed by atoms with Crippen molar-refractivity contribution < 1.29 is 66.6 Å². The number of hydrogen-bond acceptors (Lipinski definition) is 28. The Kier molecular flexibility index (Phi) is 35.8. The highest BCUT2D eigenvalue weighted by Gasteiger charge is 2.14. The van der Waals surface area contributed by atoms with Crippen molar-refractivity contribution in [1.29, 1.82) is 0 Å². The Labute approximate surface area is 489 Å². The molecule has 0 aliphatic heterocycles. The topological polar surface area (TPSA) is 538 Å². The largest absolute Gasteiger partial charge is 0.475 e. The number of aryl methyl sites for hydroxylation is 6. The van der Waals surface area contributed by atoms with Gasteiger partial charge in [0.05, 0.1) is 46.1 Å². The van der Waals surface area contributed by atoms with Gasteiger partial charge in [-0.3, -0.25) is 37.6 Å². The van der Waals surface area contributed by atoms with E-state index in [2.05, 4.69) is 49.8 Å². The van der Waals surface area contributed by atoms with E-state index >= 15 is 0 Å². The maximum atomic E-state index is 11.5. The van der Waals surface area contributed by atoms with Gasteiger partial charge in [-0.2, -0.15) is 15.0 Å². The minimum Gasteiger partial charge on any atom is -0.475 e. The zero-order valence-corrected chi connectivity index (χ0v) is 50.7. The van der Waals surface area contributed by atoms with Crippen LogP contribution in [0.25, 0.3) is 0 Å². The van der Waals surface area contributed by atoms with E-state index < -0.39 is 27.9 Å². The first-order valence-electron chi connectivity index (χ1n) is 25.6. The van der Waals surface area contributed by atoms with Crippen molar-refractivity contribution in [2.24, 2.45) is 0 Å². The number of H-pyrrole nitrogens is 1. The summed E-state index contributed by atoms with van der Waals surface area (Å²) in [6.45, 7) is 21.5. The molecule has 0 fully saturated rings. The lowest BCUT2D eigenvalue weighted by molar-refractivity contribution is 0.108. The summed E-state index contributed by atoms with van der Waals surface area (Å²) in [5, 5.41) is 0. The van der Waals surface area contributed by atoms with Crippen LogP contribution in [0.1, 0.15) is 54.9 Å². The zero-order chi connectivity index (χ0) is 64.1. The lowest BCUT2D eigenvalue weighted by Gasteiger charge is -2.09. The van der Waals surface area contributed by atoms with Crippen molar-refractivity contribution >= 4 is 50.9 Å². The fraction of sp³-hybridized carbons (Fsp3) is 0.500. The third kappa shape index (κ3) is 37.2. The van der Waals surface area contributed by atoms with Crippen molar-refractivity contribution in [3.05, 3.63) is 102 Å². The second kappa shape index (κ2) is 40.4. The average molecular weight is 1240 g/mol. The maximum Gasteiger partial charge on any atom is 0.350 e. The second-order valence-corrected chi connectivity index (χ2v) is 20.1. The van der Waals surface area contributed by atoms with E-state index in [1.165, 1.54) is 27.3 Å². The van der Waals surface area contributed by atoms with Crippen LogP contribution in [0.2, 0.25) is 0 Å². The molecule has 474 valence electrons. The molecular formula is C48H80N18O17P2. The summed E-state index contributed by atoms with van der Waals surface area (Å²) in [6.07, 6.45) is -1.30. The van der Waals surface area contributed by atoms with E-state index in [-0.39, 0.29) is 78.7 Å². The summed E-state index contributed by atoms with van der Waals surface area (Å²) >= 11 is 0. The maximum absolute atomic E-state index is 11.5. The van der Waals surface area contributed by atoms with Gasteiger partial charge in [-0.15, -0.1) is 0 Å². The van der Waals surface area contributed by atoms with Crippen LogP contribution in [-0.4, -0.2) is 164 Å². The highest BCUT2D eigenvalue weighted by molar-refractivity contribution is 7.51. The Balaban J connectivity index is 0.000000514. The van der Waals surface area contributed by atoms with Gasteiger partial charge in [-0.1, -0.05) is 0 Å². The first-order valence-corrected chi connectivity index (χ1v) is 29.2. The molecular weight excluding hydrogens is 1160 g/mol. The van der Waals surface area contributed by atoms with Crippen LogP contribution in [0, 0.1) is 41.5 Å². The van der Waals surface area contributed by atoms with E-state index in [0.717, 1.165) is 11.4 Å². The molecule has 17 N–H and O–H groups in total. The van der Waals surface area contributed by atoms with Crippen LogP contribution >= 0.6 is 15.2 Å². The second-order valence-electron chi connectivity index (χ2n) is 16.9. The van der Waals surface area contributed by atoms with Gasteiger partial charge >= 0.3 is 15.2 Å². The van der Waals surface area contributed by atoms with Crippen molar-refractivity contribution in [3.63, 3.8) is 0 Å². The quantitative estimate of drug-likeness (QED) is 0.0276. The molecule has 0 bridgehead atoms. The van der Waals surface area contributed by atoms with Gasteiger partial charge in [0.15, 0.2) is 0 Å². The third-order valence-corrected chi connectivity index (χ3v) is 10.3. The normalized spacial score (nSPS) is 10.7. The number of nitrogen functional groups attached to an aromatic ring is 6. The fourth-order valence-electron chi connectivity index (χ4n) is 5.97. The number of rotatable bonds is 25. The molecule has 37 heteroatoms. The summed E-state index contributed by atoms with van der Waals surface area (Å²) in [4.78, 5) is 105. The molecule has 6 aromatic heterocycles. The standard InChI is InChI=1S/3C9H15N3O2.2C8H14N3O5P.C5H7N3O/c2*1-3-13-4-5-14-8-6-7(2)11-9(10)12-8;1-3-14-5-4-12-8(13)6-7(2)11-9(12)10;1-6-4-7(11-8(9)10-6)16-3-2-15-5-17(12,13)14;1-6-4-7(12)11(8(9)10-6)2-3-16-5-17(13,14)15;1-3-2-4(9)8-5(6)7-3/h2*6H,3-5H2,1-2H3,(H2,10,11,12);6H,3-5H2,1-2H3,(H2,10,11);4H,2-3,5H2,1H3,(H2,9,10,11)(H2,12,13,14);4H,2-3,5H2,1H3,(H2,9,10)(H2,13,14,15);2H,1H3,(H3,6,7,8,9). The molecule has 0 amide bonds. The third-order valence-electron chi connectivity index (χ3n) is 9.25. The van der Waals surface area contributed by atoms with Crippen LogP contribution in [-0.2, 0) is 45.9 Å². The molecule has 0 spiro atoms. The van der Waals surface area contributed by atoms with E-state index in [9.17, 15) is 23.5 Å². The molecule has 0 saturated carbocycles. The minimum atomic E-state index is -4.18. The fourth-order valence-corrected chi connectivity index (χ4v) is 6.71. The minimum absolute atomic E-state index is 0.0278. The summed E-state index contributed by atoms with van der Waals surface area (Å²) < 4.78 is 64.1. The first kappa shape index (κ1) is 75.2. The van der Waals surface area contributed by atoms with E-state index in [4.69, 9.17) is 91.9 Å². The van der Waals surface area contributed by atoms with Gasteiger partial charge in [0.25, 0.3) is 16.7 Å². The van der Waals surface area contributed by atoms with E-state index in [0.29, 0.717) is 99.8 Å². The number of anilines is 6. The molecule has 0 saturated heterocycles. The smallest absolute Gasteiger partial charge is 0.350 e. The number of nitrogens with one attached hydrogen (secondary N) is 1. The summed E-state index contributed by atoms with van der Waals surface area (Å²) in [5.74, 6) is 2.33. The van der Waals surface area contributed by atoms with Crippen LogP contribution in [0.5, 0.6) is 17.6 Å². The SMILES string of the molecule is CCOCCOc1cc(C)nc(N)n1.CCOCCOc1cc(C)nc(N)n1.CCOCCn1c(N)nc(C)cc1=O.Cc1cc(=O)[nH]c(N)n1.Cc1cc(=O)n(CCOCP(=O)(O)O)c(N)n1.Cc1cc(OCCOCP(=O)(O)O)nc(N)n1. The monoisotopic (exact) mass is 1240 g/mol. The first-order chi connectivity index (χ1) is 39.9. The Morgan fingerprint density at radius 1 is 0.424 bits per heavy atom. The highest BCUT2D eigenvalue weighted by Crippen LogP contribution is 2.34. The van der Waals surface area contributed by atoms with E-state index in [1.54, 1.807) is 45.9 Å². The molecule has 0 atom stereocenters. The van der Waals surface area contributed by atoms with Crippen LogP contribution < -0.4 is 65.3 Å². The van der Waals surface area contributed by atoms with Gasteiger partial charge in [0.2, 0.25) is 53.3 Å². The Hall–Kier alpha value is -7.82. The number of nitrogens with zero attached hydrogens (tertiary/aromatic N) is 11. The Bertz CT molecular complexity index is 3060. The predicted octanol–water partition coefficient (Wildman–Crippen LogP) is 0.580. The highest BCUT2D eigenvalue weighted by atomic mass is 31.2. The molecule has 6 aromatic rings. The van der Waals surface area contributed by atoms with Crippen molar-refractivity contribution in [2.45, 2.75) is 75.4 Å². The molecule has 0 unspecified atom stereocenters. The number of nitrogens with two attached hydrogens (primary N) is 6. The summed E-state index contributed by atoms with van der Waals surface area (Å²) in [5.41, 5.74) is 36.0. The van der Waals surface area contributed by atoms with Gasteiger partial charge in [0, 0.05) is 90.4 Å². The molecule has 35 nitrogen and oxygen atoms in total. The number of ether oxygens (including phenoxy) is 8. The van der Waals surface area contributed by atoms with Crippen molar-refractivity contribution in [1.82, 2.24) is 59.0 Å². The summed E-state index contributed by atoms with van der Waals surface area (Å²) in [7, 11) is -8.29. The molecule has 6 rings (SSSR count). The van der Waals surface area contributed by atoms with Gasteiger partial charge in [-0.25, -0.2) is 29.9 Å². The predicted molar refractivity (Wildman–Crippen MR) is 315 cm³/mol. The number of aromatic amines is 1. The Morgan fingerprint density at radius 3 is 1.04 bits per heavy atom. The molecule has 0 aromatic carbocycles.